The van der Waals surface area contributed by atoms with Crippen LogP contribution in [-0.4, -0.2) is 78.4 Å². The summed E-state index contributed by atoms with van der Waals surface area (Å²) in [4.78, 5) is 44.1. The van der Waals surface area contributed by atoms with E-state index in [0.717, 1.165) is 28.1 Å². The Balaban J connectivity index is 0.00000111. The maximum absolute atomic E-state index is 14.6. The number of thiol groups is 1. The highest BCUT2D eigenvalue weighted by molar-refractivity contribution is 7.77. The summed E-state index contributed by atoms with van der Waals surface area (Å²) < 4.78 is 13.7. The molecule has 3 aromatic heterocycles. The molecule has 6 rings (SSSR count). The number of aromatic nitrogens is 4. The van der Waals surface area contributed by atoms with Crippen LogP contribution in [0.1, 0.15) is 44.0 Å². The van der Waals surface area contributed by atoms with E-state index in [9.17, 15) is 19.7 Å². The molecule has 1 unspecified atom stereocenters. The van der Waals surface area contributed by atoms with Gasteiger partial charge in [0.15, 0.2) is 6.29 Å². The number of amides is 1. The molecule has 4 heterocycles. The van der Waals surface area contributed by atoms with Gasteiger partial charge in [0.25, 0.3) is 5.91 Å². The van der Waals surface area contributed by atoms with E-state index < -0.39 is 10.8 Å². The molecule has 0 saturated heterocycles. The van der Waals surface area contributed by atoms with E-state index >= 15 is 0 Å². The van der Waals surface area contributed by atoms with Crippen LogP contribution in [-0.2, 0) is 41.0 Å². The van der Waals surface area contributed by atoms with E-state index in [-0.39, 0.29) is 29.7 Å². The number of carbonyl (C=O) groups is 2. The topological polar surface area (TPSA) is 121 Å². The van der Waals surface area contributed by atoms with Gasteiger partial charge in [0, 0.05) is 77.6 Å². The molecule has 0 saturated carbocycles. The molecule has 51 heavy (non-hydrogen) atoms. The van der Waals surface area contributed by atoms with Gasteiger partial charge in [-0.25, -0.2) is 4.57 Å². The summed E-state index contributed by atoms with van der Waals surface area (Å²) in [6, 6.07) is 15.6. The number of para-hydroxylation sites is 2. The molecular weight excluding hydrogens is 667 g/mol. The number of likely N-dealkylation sites (N-methyl/N-ethyl adjacent to an activating group) is 2. The summed E-state index contributed by atoms with van der Waals surface area (Å²) in [5, 5.41) is 13.1. The van der Waals surface area contributed by atoms with Gasteiger partial charge in [0.2, 0.25) is 0 Å². The van der Waals surface area contributed by atoms with Crippen molar-refractivity contribution in [1.29, 1.82) is 0 Å². The van der Waals surface area contributed by atoms with Gasteiger partial charge in [-0.1, -0.05) is 74.1 Å². The number of rotatable bonds is 7. The zero-order chi connectivity index (χ0) is 37.2. The Morgan fingerprint density at radius 3 is 2.20 bits per heavy atom. The second kappa shape index (κ2) is 17.8. The Kier molecular flexibility index (Phi) is 13.5. The molecule has 270 valence electrons. The van der Waals surface area contributed by atoms with Gasteiger partial charge in [-0.05, 0) is 37.4 Å². The maximum atomic E-state index is 14.6. The van der Waals surface area contributed by atoms with E-state index in [0.29, 0.717) is 49.5 Å². The van der Waals surface area contributed by atoms with Gasteiger partial charge in [0.1, 0.15) is 11.9 Å². The number of imidazole rings is 1. The van der Waals surface area contributed by atoms with E-state index in [1.165, 1.54) is 15.7 Å². The van der Waals surface area contributed by atoms with Crippen LogP contribution < -0.4 is 0 Å². The van der Waals surface area contributed by atoms with Crippen molar-refractivity contribution < 1.29 is 19.2 Å². The number of benzene rings is 2. The number of aryl methyl sites for hydroxylation is 1. The summed E-state index contributed by atoms with van der Waals surface area (Å²) in [5.41, 5.74) is 4.11. The quantitative estimate of drug-likeness (QED) is 0.0649. The van der Waals surface area contributed by atoms with Crippen molar-refractivity contribution in [3.63, 3.8) is 0 Å². The highest BCUT2D eigenvalue weighted by atomic mass is 32.1. The van der Waals surface area contributed by atoms with Crippen molar-refractivity contribution in [3.05, 3.63) is 107 Å². The molecule has 4 bridgehead atoms. The third-order valence-electron chi connectivity index (χ3n) is 8.55. The first-order valence-corrected chi connectivity index (χ1v) is 17.3. The van der Waals surface area contributed by atoms with Crippen LogP contribution in [0, 0.1) is 10.1 Å². The lowest BCUT2D eigenvalue weighted by Gasteiger charge is -2.22. The molecule has 2 aromatic carbocycles. The minimum Gasteiger partial charge on any atom is -0.390 e. The monoisotopic (exact) mass is 713 g/mol. The summed E-state index contributed by atoms with van der Waals surface area (Å²) in [6.45, 7) is 11.5. The number of carbonyl (C=O) groups excluding carboxylic acids is 2. The molecule has 0 radical (unpaired) electrons. The van der Waals surface area contributed by atoms with Crippen molar-refractivity contribution >= 4 is 63.9 Å². The highest BCUT2D eigenvalue weighted by Crippen LogP contribution is 2.37. The Morgan fingerprint density at radius 1 is 1.06 bits per heavy atom. The van der Waals surface area contributed by atoms with Crippen molar-refractivity contribution in [3.8, 4) is 0 Å². The Labute approximate surface area is 304 Å². The molecule has 0 aliphatic carbocycles. The number of ether oxygens (including phenoxy) is 1. The number of fused-ring (bicyclic) bond motifs is 10. The van der Waals surface area contributed by atoms with Crippen molar-refractivity contribution in [2.24, 2.45) is 7.05 Å². The molecule has 1 atom stereocenters. The molecule has 12 nitrogen and oxygen atoms in total. The average molecular weight is 714 g/mol. The lowest BCUT2D eigenvalue weighted by Crippen LogP contribution is -2.29. The fraction of sp³-hybridized carbons (Fsp3) is 0.342. The zero-order valence-corrected chi connectivity index (χ0v) is 31.0. The first-order chi connectivity index (χ1) is 24.6. The van der Waals surface area contributed by atoms with E-state index in [4.69, 9.17) is 4.74 Å². The fourth-order valence-corrected chi connectivity index (χ4v) is 6.47. The van der Waals surface area contributed by atoms with Gasteiger partial charge >= 0.3 is 5.95 Å². The first kappa shape index (κ1) is 38.8. The number of nitro groups is 1. The van der Waals surface area contributed by atoms with Crippen LogP contribution in [0.15, 0.2) is 79.8 Å². The number of hydrogen-bond donors (Lipinski definition) is 1. The maximum Gasteiger partial charge on any atom is 0.434 e. The minimum atomic E-state index is -0.565. The second-order valence-electron chi connectivity index (χ2n) is 12.0. The summed E-state index contributed by atoms with van der Waals surface area (Å²) in [5.74, 6) is -0.709. The number of nitrogens with zero attached hydrogens (tertiary/aromatic N) is 7. The minimum absolute atomic E-state index is 0.0441. The SMILES string of the molecule is C=CC.CC.CN(S)CC1CCn2cc(c3ccccc32)/C(C(=O)N(C)Cc2cnc([N+](=O)[O-])n2C)=C(/C=O)c2cn(c3ccccc23)CCO1. The predicted molar refractivity (Wildman–Crippen MR) is 206 cm³/mol. The Bertz CT molecular complexity index is 2040. The lowest BCUT2D eigenvalue weighted by molar-refractivity contribution is -0.396. The van der Waals surface area contributed by atoms with Crippen LogP contribution in [0.3, 0.4) is 0 Å². The van der Waals surface area contributed by atoms with Crippen LogP contribution in [0.4, 0.5) is 5.95 Å². The third kappa shape index (κ3) is 8.50. The summed E-state index contributed by atoms with van der Waals surface area (Å²) in [7, 11) is 5.07. The van der Waals surface area contributed by atoms with Crippen molar-refractivity contribution in [2.75, 3.05) is 27.2 Å². The zero-order valence-electron chi connectivity index (χ0n) is 30.2. The van der Waals surface area contributed by atoms with Gasteiger partial charge in [-0.2, -0.15) is 0 Å². The number of allylic oxidation sites excluding steroid dienone is 2. The molecule has 1 aliphatic heterocycles. The fourth-order valence-electron chi connectivity index (χ4n) is 6.29. The third-order valence-corrected chi connectivity index (χ3v) is 8.72. The van der Waals surface area contributed by atoms with Crippen LogP contribution in [0.5, 0.6) is 0 Å². The molecule has 0 spiro atoms. The highest BCUT2D eigenvalue weighted by Gasteiger charge is 2.29. The Morgan fingerprint density at radius 2 is 1.63 bits per heavy atom. The van der Waals surface area contributed by atoms with Crippen LogP contribution in [0.2, 0.25) is 0 Å². The van der Waals surface area contributed by atoms with Gasteiger partial charge < -0.3 is 28.9 Å². The first-order valence-electron chi connectivity index (χ1n) is 16.9. The molecule has 13 heteroatoms. The van der Waals surface area contributed by atoms with Gasteiger partial charge in [0.05, 0.1) is 31.9 Å². The average Bonchev–Trinajstić information content (AvgIpc) is 3.79. The predicted octanol–water partition coefficient (Wildman–Crippen LogP) is 6.79. The summed E-state index contributed by atoms with van der Waals surface area (Å²) >= 11 is 4.48. The second-order valence-corrected chi connectivity index (χ2v) is 12.7. The molecule has 0 N–H and O–H groups in total. The van der Waals surface area contributed by atoms with Crippen molar-refractivity contribution in [1.82, 2.24) is 27.9 Å². The molecule has 1 aliphatic rings. The van der Waals surface area contributed by atoms with Crippen LogP contribution >= 0.6 is 12.8 Å². The van der Waals surface area contributed by atoms with E-state index in [1.807, 2.05) is 93.0 Å². The number of aldehydes is 1. The smallest absolute Gasteiger partial charge is 0.390 e. The van der Waals surface area contributed by atoms with E-state index in [2.05, 4.69) is 33.5 Å². The molecule has 1 amide bonds. The number of hydrogen-bond acceptors (Lipinski definition) is 8. The Hall–Kier alpha value is -4.98. The van der Waals surface area contributed by atoms with E-state index in [1.54, 1.807) is 20.2 Å². The molecule has 0 fully saturated rings. The molecule has 5 aromatic rings. The normalized spacial score (nSPS) is 16.0. The van der Waals surface area contributed by atoms with Gasteiger partial charge in [-0.3, -0.25) is 13.9 Å². The standard InChI is InChI=1S/C33H35N7O5S.C3H6.C2H6/c1-35(17-22-16-34-33(37(22)3)40(43)44)32(42)31-27-20-38(30-11-7-5-9-25(27)30)13-12-23(18-36(2)46)45-15-14-39-19-26(28(31)21-41)24-8-4-6-10-29(24)39;1-3-2;1-2/h4-11,16,19-21,23,46H,12-15,17-18H2,1-3H3;3H,1H2,2H3;1-2H3/b31-28+;;. The molecular formula is C38H47N7O5S. The lowest BCUT2D eigenvalue weighted by atomic mass is 9.93. The van der Waals surface area contributed by atoms with Crippen LogP contribution in [0.25, 0.3) is 33.0 Å². The van der Waals surface area contributed by atoms with Gasteiger partial charge in [-0.15, -0.1) is 6.58 Å². The van der Waals surface area contributed by atoms with Crippen molar-refractivity contribution in [2.45, 2.75) is 52.9 Å². The largest absolute Gasteiger partial charge is 0.434 e. The summed E-state index contributed by atoms with van der Waals surface area (Å²) in [6.07, 6.45) is 8.37.